The van der Waals surface area contributed by atoms with Gasteiger partial charge in [0.15, 0.2) is 5.03 Å². The van der Waals surface area contributed by atoms with Crippen LogP contribution in [0.15, 0.2) is 65.1 Å². The molecule has 4 aromatic rings. The molecule has 3 aromatic heterocycles. The maximum atomic E-state index is 13.9. The van der Waals surface area contributed by atoms with Gasteiger partial charge < -0.3 is 14.0 Å². The van der Waals surface area contributed by atoms with Crippen LogP contribution in [0.3, 0.4) is 0 Å². The highest BCUT2D eigenvalue weighted by Gasteiger charge is 2.37. The summed E-state index contributed by atoms with van der Waals surface area (Å²) in [6.45, 7) is 1.43. The topological polar surface area (TPSA) is 100 Å². The third-order valence-electron chi connectivity index (χ3n) is 6.57. The Balaban J connectivity index is 1.53. The summed E-state index contributed by atoms with van der Waals surface area (Å²) in [6.07, 6.45) is 7.77. The van der Waals surface area contributed by atoms with Gasteiger partial charge in [0.2, 0.25) is 0 Å². The molecule has 0 fully saturated rings. The number of nitrogens with zero attached hydrogens (tertiary/aromatic N) is 7. The smallest absolute Gasteiger partial charge is 0.262 e. The van der Waals surface area contributed by atoms with Crippen molar-refractivity contribution in [1.82, 2.24) is 23.4 Å². The average molecular weight is 522 g/mol. The van der Waals surface area contributed by atoms with E-state index >= 15 is 0 Å². The third-order valence-corrected chi connectivity index (χ3v) is 9.14. The number of thiophene rings is 1. The number of rotatable bonds is 8. The van der Waals surface area contributed by atoms with E-state index in [1.165, 1.54) is 6.33 Å². The van der Waals surface area contributed by atoms with Crippen LogP contribution < -0.4 is 4.90 Å². The number of imidazole rings is 2. The second-order valence-corrected chi connectivity index (χ2v) is 11.7. The zero-order chi connectivity index (χ0) is 25.3. The number of sulfonamides is 1. The summed E-state index contributed by atoms with van der Waals surface area (Å²) in [6, 6.07) is 9.57. The number of benzene rings is 1. The van der Waals surface area contributed by atoms with E-state index in [1.54, 1.807) is 39.8 Å². The maximum absolute atomic E-state index is 13.9. The van der Waals surface area contributed by atoms with Crippen molar-refractivity contribution >= 4 is 27.0 Å². The third kappa shape index (κ3) is 4.80. The van der Waals surface area contributed by atoms with Gasteiger partial charge in [-0.15, -0.1) is 0 Å². The van der Waals surface area contributed by atoms with Crippen LogP contribution in [0.2, 0.25) is 0 Å². The average Bonchev–Trinajstić information content (AvgIpc) is 3.62. The highest BCUT2D eigenvalue weighted by atomic mass is 32.2. The van der Waals surface area contributed by atoms with Gasteiger partial charge in [0, 0.05) is 51.3 Å². The van der Waals surface area contributed by atoms with E-state index in [0.29, 0.717) is 38.0 Å². The Kier molecular flexibility index (Phi) is 6.66. The minimum absolute atomic E-state index is 0.0464. The molecule has 0 bridgehead atoms. The van der Waals surface area contributed by atoms with E-state index in [9.17, 15) is 13.7 Å². The quantitative estimate of drug-likeness (QED) is 0.353. The summed E-state index contributed by atoms with van der Waals surface area (Å²) in [5.74, 6) is 0. The van der Waals surface area contributed by atoms with Crippen LogP contribution in [0.5, 0.6) is 0 Å². The molecule has 0 spiro atoms. The molecular formula is C25H27N7O2S2. The van der Waals surface area contributed by atoms with E-state index < -0.39 is 10.0 Å². The Bertz CT molecular complexity index is 1500. The predicted molar refractivity (Wildman–Crippen MR) is 138 cm³/mol. The molecule has 1 aliphatic heterocycles. The number of anilines is 1. The molecule has 186 valence electrons. The van der Waals surface area contributed by atoms with Gasteiger partial charge in [-0.1, -0.05) is 0 Å². The number of hydrogen-bond acceptors (Lipinski definition) is 7. The Morgan fingerprint density at radius 2 is 2.11 bits per heavy atom. The molecule has 1 aliphatic rings. The van der Waals surface area contributed by atoms with Crippen molar-refractivity contribution in [3.63, 3.8) is 0 Å². The van der Waals surface area contributed by atoms with Crippen LogP contribution in [-0.4, -0.2) is 51.0 Å². The number of hydrogen-bond donors (Lipinski definition) is 0. The van der Waals surface area contributed by atoms with Crippen LogP contribution in [0.4, 0.5) is 5.69 Å². The molecule has 5 rings (SSSR count). The molecule has 1 unspecified atom stereocenters. The van der Waals surface area contributed by atoms with E-state index in [-0.39, 0.29) is 11.1 Å². The molecule has 0 amide bonds. The SMILES string of the molecule is Cn1cnc(S(=O)(=O)N(CCc2ccsc2)C2Cc3cc(C#N)ccc3N(Cc3cncn3C)C2)c1. The van der Waals surface area contributed by atoms with Gasteiger partial charge in [-0.25, -0.2) is 18.4 Å². The van der Waals surface area contributed by atoms with E-state index in [4.69, 9.17) is 0 Å². The lowest BCUT2D eigenvalue weighted by atomic mass is 9.95. The minimum atomic E-state index is -3.85. The summed E-state index contributed by atoms with van der Waals surface area (Å²) in [7, 11) is -0.141. The lowest BCUT2D eigenvalue weighted by Crippen LogP contribution is -2.51. The number of nitriles is 1. The molecule has 0 saturated carbocycles. The van der Waals surface area contributed by atoms with Crippen molar-refractivity contribution in [3.05, 3.63) is 82.5 Å². The van der Waals surface area contributed by atoms with E-state index in [0.717, 1.165) is 22.5 Å². The van der Waals surface area contributed by atoms with Gasteiger partial charge in [-0.3, -0.25) is 0 Å². The molecule has 36 heavy (non-hydrogen) atoms. The summed E-state index contributed by atoms with van der Waals surface area (Å²) < 4.78 is 33.0. The van der Waals surface area contributed by atoms with Crippen LogP contribution in [0.25, 0.3) is 0 Å². The van der Waals surface area contributed by atoms with Crippen LogP contribution in [-0.2, 0) is 43.5 Å². The molecule has 1 aromatic carbocycles. The van der Waals surface area contributed by atoms with E-state index in [1.807, 2.05) is 47.5 Å². The van der Waals surface area contributed by atoms with Gasteiger partial charge in [-0.2, -0.15) is 20.9 Å². The van der Waals surface area contributed by atoms with Gasteiger partial charge in [0.25, 0.3) is 10.0 Å². The zero-order valence-electron chi connectivity index (χ0n) is 20.1. The minimum Gasteiger partial charge on any atom is -0.364 e. The molecule has 0 radical (unpaired) electrons. The van der Waals surface area contributed by atoms with Crippen molar-refractivity contribution in [2.24, 2.45) is 14.1 Å². The largest absolute Gasteiger partial charge is 0.364 e. The Morgan fingerprint density at radius 3 is 2.78 bits per heavy atom. The van der Waals surface area contributed by atoms with Crippen molar-refractivity contribution in [3.8, 4) is 6.07 Å². The Hall–Kier alpha value is -3.46. The molecule has 0 saturated heterocycles. The van der Waals surface area contributed by atoms with Crippen molar-refractivity contribution in [2.45, 2.75) is 30.5 Å². The molecule has 4 heterocycles. The summed E-state index contributed by atoms with van der Waals surface area (Å²) >= 11 is 1.60. The normalized spacial score (nSPS) is 15.7. The fourth-order valence-corrected chi connectivity index (χ4v) is 6.98. The monoisotopic (exact) mass is 521 g/mol. The Labute approximate surface area is 214 Å². The second-order valence-electron chi connectivity index (χ2n) is 9.06. The first-order valence-electron chi connectivity index (χ1n) is 11.6. The van der Waals surface area contributed by atoms with Crippen LogP contribution in [0, 0.1) is 11.3 Å². The van der Waals surface area contributed by atoms with Crippen LogP contribution in [0.1, 0.15) is 22.4 Å². The second kappa shape index (κ2) is 9.89. The van der Waals surface area contributed by atoms with Crippen molar-refractivity contribution in [2.75, 3.05) is 18.0 Å². The molecule has 0 aliphatic carbocycles. The summed E-state index contributed by atoms with van der Waals surface area (Å²) in [5.41, 5.74) is 4.66. The first-order chi connectivity index (χ1) is 17.3. The lowest BCUT2D eigenvalue weighted by molar-refractivity contribution is 0.310. The first-order valence-corrected chi connectivity index (χ1v) is 14.0. The molecular weight excluding hydrogens is 494 g/mol. The van der Waals surface area contributed by atoms with Crippen molar-refractivity contribution in [1.29, 1.82) is 5.26 Å². The molecule has 0 N–H and O–H groups in total. The predicted octanol–water partition coefficient (Wildman–Crippen LogP) is 2.95. The Morgan fingerprint density at radius 1 is 1.25 bits per heavy atom. The highest BCUT2D eigenvalue weighted by Crippen LogP contribution is 2.33. The summed E-state index contributed by atoms with van der Waals surface area (Å²) in [5, 5.41) is 13.6. The van der Waals surface area contributed by atoms with Crippen LogP contribution >= 0.6 is 11.3 Å². The van der Waals surface area contributed by atoms with E-state index in [2.05, 4.69) is 26.3 Å². The van der Waals surface area contributed by atoms with Gasteiger partial charge in [0.1, 0.15) is 0 Å². The fraction of sp³-hybridized carbons (Fsp3) is 0.320. The molecule has 1 atom stereocenters. The molecule has 9 nitrogen and oxygen atoms in total. The lowest BCUT2D eigenvalue weighted by Gasteiger charge is -2.40. The number of aromatic nitrogens is 4. The van der Waals surface area contributed by atoms with Crippen molar-refractivity contribution < 1.29 is 8.42 Å². The molecule has 11 heteroatoms. The maximum Gasteiger partial charge on any atom is 0.262 e. The number of aryl methyl sites for hydroxylation is 2. The van der Waals surface area contributed by atoms with Gasteiger partial charge in [0.05, 0.1) is 36.5 Å². The standard InChI is InChI=1S/C25H27N7O2S2/c1-29-15-25(28-18-29)36(33,34)32(7-5-19-6-8-35-16-19)22-10-21-9-20(11-26)3-4-24(21)31(13-22)14-23-12-27-17-30(23)2/h3-4,6,8-9,12,15-18,22H,5,7,10,13-14H2,1-2H3. The van der Waals surface area contributed by atoms with Gasteiger partial charge >= 0.3 is 0 Å². The zero-order valence-corrected chi connectivity index (χ0v) is 21.8. The highest BCUT2D eigenvalue weighted by molar-refractivity contribution is 7.89. The fourth-order valence-electron chi connectivity index (χ4n) is 4.69. The van der Waals surface area contributed by atoms with Gasteiger partial charge in [-0.05, 0) is 59.0 Å². The first kappa shape index (κ1) is 24.2. The summed E-state index contributed by atoms with van der Waals surface area (Å²) in [4.78, 5) is 10.6. The number of fused-ring (bicyclic) bond motifs is 1.